The number of carbonyl (C=O) groups excluding carboxylic acids is 1. The van der Waals surface area contributed by atoms with Crippen LogP contribution in [0.4, 0.5) is 4.79 Å². The van der Waals surface area contributed by atoms with Crippen LogP contribution in [-0.2, 0) is 11.3 Å². The lowest BCUT2D eigenvalue weighted by Gasteiger charge is -2.28. The molecule has 7 heteroatoms. The molecule has 7 nitrogen and oxygen atoms in total. The third-order valence-electron chi connectivity index (χ3n) is 3.51. The number of hydrogen-bond acceptors (Lipinski definition) is 6. The Labute approximate surface area is 122 Å². The number of amides is 1. The molecule has 1 heterocycles. The predicted molar refractivity (Wildman–Crippen MR) is 72.2 cm³/mol. The molecule has 0 aromatic heterocycles. The molecule has 1 aliphatic rings. The lowest BCUT2D eigenvalue weighted by molar-refractivity contribution is -0.0301. The summed E-state index contributed by atoms with van der Waals surface area (Å²) >= 11 is 0. The average molecular weight is 297 g/mol. The van der Waals surface area contributed by atoms with Crippen molar-refractivity contribution < 1.29 is 30.0 Å². The maximum absolute atomic E-state index is 12.0. The number of carbonyl (C=O) groups is 1. The number of benzene rings is 1. The molecule has 21 heavy (non-hydrogen) atoms. The van der Waals surface area contributed by atoms with E-state index in [0.29, 0.717) is 0 Å². The van der Waals surface area contributed by atoms with Gasteiger partial charge in [0.25, 0.3) is 0 Å². The zero-order chi connectivity index (χ0) is 15.4. The molecule has 1 aromatic rings. The Bertz CT molecular complexity index is 468. The molecular formula is C14H19NO6. The highest BCUT2D eigenvalue weighted by Gasteiger charge is 2.46. The van der Waals surface area contributed by atoms with Crippen LogP contribution in [0.25, 0.3) is 0 Å². The molecule has 0 radical (unpaired) electrons. The first kappa shape index (κ1) is 15.7. The molecule has 2 rings (SSSR count). The monoisotopic (exact) mass is 297 g/mol. The fourth-order valence-electron chi connectivity index (χ4n) is 2.39. The first-order valence-corrected chi connectivity index (χ1v) is 6.67. The van der Waals surface area contributed by atoms with Crippen LogP contribution < -0.4 is 0 Å². The quantitative estimate of drug-likeness (QED) is 0.572. The van der Waals surface area contributed by atoms with Crippen molar-refractivity contribution in [3.8, 4) is 0 Å². The van der Waals surface area contributed by atoms with E-state index in [4.69, 9.17) is 9.84 Å². The van der Waals surface area contributed by atoms with Crippen LogP contribution in [0.5, 0.6) is 0 Å². The van der Waals surface area contributed by atoms with Crippen molar-refractivity contribution >= 4 is 6.09 Å². The lowest BCUT2D eigenvalue weighted by Crippen LogP contribution is -2.49. The van der Waals surface area contributed by atoms with Gasteiger partial charge in [0, 0.05) is 0 Å². The smallest absolute Gasteiger partial charge is 0.410 e. The largest absolute Gasteiger partial charge is 0.445 e. The van der Waals surface area contributed by atoms with E-state index in [2.05, 4.69) is 0 Å². The summed E-state index contributed by atoms with van der Waals surface area (Å²) in [4.78, 5) is 13.1. The summed E-state index contributed by atoms with van der Waals surface area (Å²) in [6, 6.07) is 7.96. The summed E-state index contributed by atoms with van der Waals surface area (Å²) in [6.07, 6.45) is -4.61. The average Bonchev–Trinajstić information content (AvgIpc) is 2.81. The lowest BCUT2D eigenvalue weighted by atomic mass is 10.1. The van der Waals surface area contributed by atoms with Crippen LogP contribution in [-0.4, -0.2) is 68.9 Å². The number of aliphatic hydroxyl groups excluding tert-OH is 4. The predicted octanol–water partition coefficient (Wildman–Crippen LogP) is -0.918. The van der Waals surface area contributed by atoms with E-state index < -0.39 is 37.1 Å². The number of rotatable bonds is 4. The van der Waals surface area contributed by atoms with Gasteiger partial charge in [-0.25, -0.2) is 4.79 Å². The number of hydrogen-bond donors (Lipinski definition) is 4. The maximum atomic E-state index is 12.0. The summed E-state index contributed by atoms with van der Waals surface area (Å²) in [6.45, 7) is -0.738. The SMILES string of the molecule is O=C(OCc1ccccc1)N1C[C@@H](O)[C@@H](O)[C@H]1[C@H](O)CO. The summed E-state index contributed by atoms with van der Waals surface area (Å²) in [5.74, 6) is 0. The number of likely N-dealkylation sites (tertiary alicyclic amines) is 1. The summed E-state index contributed by atoms with van der Waals surface area (Å²) in [7, 11) is 0. The normalized spacial score (nSPS) is 26.7. The van der Waals surface area contributed by atoms with Crippen LogP contribution in [0.3, 0.4) is 0 Å². The Morgan fingerprint density at radius 3 is 2.62 bits per heavy atom. The fourth-order valence-corrected chi connectivity index (χ4v) is 2.39. The number of ether oxygens (including phenoxy) is 1. The minimum absolute atomic E-state index is 0.0459. The Morgan fingerprint density at radius 2 is 2.00 bits per heavy atom. The number of aliphatic hydroxyl groups is 4. The molecule has 0 unspecified atom stereocenters. The van der Waals surface area contributed by atoms with Crippen molar-refractivity contribution in [2.45, 2.75) is 31.0 Å². The van der Waals surface area contributed by atoms with Gasteiger partial charge in [0.2, 0.25) is 0 Å². The van der Waals surface area contributed by atoms with Crippen molar-refractivity contribution in [2.75, 3.05) is 13.2 Å². The van der Waals surface area contributed by atoms with E-state index in [-0.39, 0.29) is 13.2 Å². The van der Waals surface area contributed by atoms with Crippen molar-refractivity contribution in [3.63, 3.8) is 0 Å². The van der Waals surface area contributed by atoms with Crippen molar-refractivity contribution in [2.24, 2.45) is 0 Å². The molecule has 0 spiro atoms. The van der Waals surface area contributed by atoms with Gasteiger partial charge in [-0.3, -0.25) is 4.90 Å². The van der Waals surface area contributed by atoms with Crippen molar-refractivity contribution in [1.82, 2.24) is 4.90 Å². The van der Waals surface area contributed by atoms with Crippen LogP contribution in [0, 0.1) is 0 Å². The molecule has 1 saturated heterocycles. The number of β-amino-alcohol motifs (C(OH)–C–C–N with tert-alkyl or cyclic N) is 1. The van der Waals surface area contributed by atoms with Gasteiger partial charge in [-0.05, 0) is 5.56 Å². The van der Waals surface area contributed by atoms with Crippen LogP contribution >= 0.6 is 0 Å². The summed E-state index contributed by atoms with van der Waals surface area (Å²) in [5.41, 5.74) is 0.797. The maximum Gasteiger partial charge on any atom is 0.410 e. The Balaban J connectivity index is 2.00. The molecule has 4 N–H and O–H groups in total. The van der Waals surface area contributed by atoms with Gasteiger partial charge in [0.05, 0.1) is 25.3 Å². The summed E-state index contributed by atoms with van der Waals surface area (Å²) < 4.78 is 5.11. The van der Waals surface area contributed by atoms with Gasteiger partial charge in [0.1, 0.15) is 18.8 Å². The first-order valence-electron chi connectivity index (χ1n) is 6.67. The van der Waals surface area contributed by atoms with E-state index in [0.717, 1.165) is 10.5 Å². The van der Waals surface area contributed by atoms with Crippen molar-refractivity contribution in [3.05, 3.63) is 35.9 Å². The molecule has 0 aliphatic carbocycles. The molecular weight excluding hydrogens is 278 g/mol. The second kappa shape index (κ2) is 6.86. The van der Waals surface area contributed by atoms with Crippen LogP contribution in [0.1, 0.15) is 5.56 Å². The zero-order valence-electron chi connectivity index (χ0n) is 11.4. The molecule has 1 amide bonds. The van der Waals surface area contributed by atoms with Gasteiger partial charge in [-0.15, -0.1) is 0 Å². The minimum atomic E-state index is -1.35. The van der Waals surface area contributed by atoms with E-state index in [1.54, 1.807) is 12.1 Å². The van der Waals surface area contributed by atoms with E-state index in [1.165, 1.54) is 0 Å². The molecule has 1 aliphatic heterocycles. The van der Waals surface area contributed by atoms with Gasteiger partial charge in [-0.1, -0.05) is 30.3 Å². The molecule has 1 fully saturated rings. The molecule has 0 bridgehead atoms. The van der Waals surface area contributed by atoms with Gasteiger partial charge >= 0.3 is 6.09 Å². The zero-order valence-corrected chi connectivity index (χ0v) is 11.4. The highest BCUT2D eigenvalue weighted by atomic mass is 16.6. The molecule has 1 aromatic carbocycles. The second-order valence-corrected chi connectivity index (χ2v) is 4.99. The highest BCUT2D eigenvalue weighted by molar-refractivity contribution is 5.69. The Kier molecular flexibility index (Phi) is 5.13. The Morgan fingerprint density at radius 1 is 1.33 bits per heavy atom. The second-order valence-electron chi connectivity index (χ2n) is 4.99. The fraction of sp³-hybridized carbons (Fsp3) is 0.500. The van der Waals surface area contributed by atoms with Crippen LogP contribution in [0.2, 0.25) is 0 Å². The highest BCUT2D eigenvalue weighted by Crippen LogP contribution is 2.23. The van der Waals surface area contributed by atoms with Gasteiger partial charge in [-0.2, -0.15) is 0 Å². The van der Waals surface area contributed by atoms with Crippen LogP contribution in [0.15, 0.2) is 30.3 Å². The number of nitrogens with zero attached hydrogens (tertiary/aromatic N) is 1. The van der Waals surface area contributed by atoms with E-state index >= 15 is 0 Å². The minimum Gasteiger partial charge on any atom is -0.445 e. The molecule has 0 saturated carbocycles. The Hall–Kier alpha value is -1.67. The van der Waals surface area contributed by atoms with E-state index in [9.17, 15) is 20.1 Å². The topological polar surface area (TPSA) is 110 Å². The van der Waals surface area contributed by atoms with Gasteiger partial charge < -0.3 is 25.2 Å². The summed E-state index contributed by atoms with van der Waals surface area (Å²) in [5, 5.41) is 38.1. The van der Waals surface area contributed by atoms with Crippen molar-refractivity contribution in [1.29, 1.82) is 0 Å². The third-order valence-corrected chi connectivity index (χ3v) is 3.51. The molecule has 116 valence electrons. The molecule has 4 atom stereocenters. The van der Waals surface area contributed by atoms with E-state index in [1.807, 2.05) is 18.2 Å². The standard InChI is InChI=1S/C14H19NO6/c16-7-11(18)12-13(19)10(17)6-15(12)14(20)21-8-9-4-2-1-3-5-9/h1-5,10-13,16-19H,6-8H2/t10-,11-,12-,13-/m1/s1. The van der Waals surface area contributed by atoms with Gasteiger partial charge in [0.15, 0.2) is 0 Å². The first-order chi connectivity index (χ1) is 10.0. The third kappa shape index (κ3) is 3.51.